The summed E-state index contributed by atoms with van der Waals surface area (Å²) in [5.74, 6) is 0.797. The molecule has 1 N–H and O–H groups in total. The van der Waals surface area contributed by atoms with E-state index in [1.165, 1.54) is 44.1 Å². The summed E-state index contributed by atoms with van der Waals surface area (Å²) >= 11 is 0. The van der Waals surface area contributed by atoms with Crippen molar-refractivity contribution in [1.82, 2.24) is 0 Å². The molecular formula is C18H30O2. The van der Waals surface area contributed by atoms with Gasteiger partial charge in [-0.25, -0.2) is 0 Å². The molecule has 0 aliphatic rings. The first kappa shape index (κ1) is 17.0. The van der Waals surface area contributed by atoms with Crippen LogP contribution in [0.3, 0.4) is 0 Å². The quantitative estimate of drug-likeness (QED) is 0.598. The molecule has 114 valence electrons. The Bertz CT molecular complexity index is 374. The van der Waals surface area contributed by atoms with E-state index in [0.29, 0.717) is 0 Å². The predicted octanol–water partition coefficient (Wildman–Crippen LogP) is 5.18. The summed E-state index contributed by atoms with van der Waals surface area (Å²) in [6.45, 7) is 4.29. The summed E-state index contributed by atoms with van der Waals surface area (Å²) in [4.78, 5) is 0. The third kappa shape index (κ3) is 5.96. The molecular weight excluding hydrogens is 248 g/mol. The van der Waals surface area contributed by atoms with Gasteiger partial charge >= 0.3 is 0 Å². The highest BCUT2D eigenvalue weighted by atomic mass is 16.5. The molecule has 0 aromatic heterocycles. The molecule has 0 aliphatic heterocycles. The zero-order valence-electron chi connectivity index (χ0n) is 13.3. The van der Waals surface area contributed by atoms with E-state index >= 15 is 0 Å². The fraction of sp³-hybridized carbons (Fsp3) is 0.667. The minimum Gasteiger partial charge on any atom is -0.496 e. The Kier molecular flexibility index (Phi) is 8.36. The summed E-state index contributed by atoms with van der Waals surface area (Å²) in [6.07, 6.45) is 9.35. The fourth-order valence-corrected chi connectivity index (χ4v) is 2.56. The van der Waals surface area contributed by atoms with E-state index in [2.05, 4.69) is 6.92 Å². The van der Waals surface area contributed by atoms with Crippen molar-refractivity contribution in [2.24, 2.45) is 0 Å². The first-order valence-corrected chi connectivity index (χ1v) is 8.01. The maximum Gasteiger partial charge on any atom is 0.124 e. The topological polar surface area (TPSA) is 29.5 Å². The molecule has 0 amide bonds. The molecule has 0 spiro atoms. The number of ether oxygens (including phenoxy) is 1. The molecule has 0 bridgehead atoms. The second kappa shape index (κ2) is 9.82. The molecule has 1 unspecified atom stereocenters. The van der Waals surface area contributed by atoms with E-state index in [0.717, 1.165) is 24.2 Å². The van der Waals surface area contributed by atoms with Crippen molar-refractivity contribution in [2.75, 3.05) is 7.11 Å². The van der Waals surface area contributed by atoms with Crippen molar-refractivity contribution in [1.29, 1.82) is 0 Å². The Morgan fingerprint density at radius 2 is 1.70 bits per heavy atom. The second-order valence-electron chi connectivity index (χ2n) is 5.67. The summed E-state index contributed by atoms with van der Waals surface area (Å²) in [7, 11) is 1.66. The molecule has 0 saturated heterocycles. The Balaban J connectivity index is 2.32. The number of hydrogen-bond donors (Lipinski definition) is 1. The van der Waals surface area contributed by atoms with Crippen LogP contribution in [0.15, 0.2) is 18.2 Å². The molecule has 1 aromatic rings. The monoisotopic (exact) mass is 278 g/mol. The van der Waals surface area contributed by atoms with Gasteiger partial charge in [-0.2, -0.15) is 0 Å². The van der Waals surface area contributed by atoms with Gasteiger partial charge in [-0.15, -0.1) is 0 Å². The van der Waals surface area contributed by atoms with Crippen LogP contribution in [0.4, 0.5) is 0 Å². The molecule has 1 aromatic carbocycles. The Morgan fingerprint density at radius 3 is 2.35 bits per heavy atom. The molecule has 2 heteroatoms. The van der Waals surface area contributed by atoms with Crippen LogP contribution in [0.5, 0.6) is 5.75 Å². The van der Waals surface area contributed by atoms with Gasteiger partial charge in [-0.05, 0) is 25.5 Å². The number of hydrogen-bond acceptors (Lipinski definition) is 2. The van der Waals surface area contributed by atoms with Crippen molar-refractivity contribution in [3.8, 4) is 5.75 Å². The summed E-state index contributed by atoms with van der Waals surface area (Å²) in [6, 6.07) is 5.99. The van der Waals surface area contributed by atoms with E-state index in [1.54, 1.807) is 7.11 Å². The predicted molar refractivity (Wildman–Crippen MR) is 85.3 cm³/mol. The molecule has 0 aliphatic carbocycles. The van der Waals surface area contributed by atoms with Crippen molar-refractivity contribution in [3.05, 3.63) is 29.3 Å². The number of benzene rings is 1. The third-order valence-electron chi connectivity index (χ3n) is 3.83. The lowest BCUT2D eigenvalue weighted by atomic mass is 9.99. The first-order valence-electron chi connectivity index (χ1n) is 8.01. The molecule has 2 nitrogen and oxygen atoms in total. The van der Waals surface area contributed by atoms with Gasteiger partial charge in [-0.3, -0.25) is 0 Å². The minimum absolute atomic E-state index is 0.402. The molecule has 0 heterocycles. The van der Waals surface area contributed by atoms with Gasteiger partial charge in [0.2, 0.25) is 0 Å². The van der Waals surface area contributed by atoms with E-state index in [4.69, 9.17) is 4.74 Å². The van der Waals surface area contributed by atoms with Crippen LogP contribution in [-0.2, 0) is 0 Å². The van der Waals surface area contributed by atoms with Crippen LogP contribution < -0.4 is 4.74 Å². The molecule has 0 radical (unpaired) electrons. The lowest BCUT2D eigenvalue weighted by Gasteiger charge is -2.15. The van der Waals surface area contributed by atoms with Crippen molar-refractivity contribution in [3.63, 3.8) is 0 Å². The Morgan fingerprint density at radius 1 is 1.05 bits per heavy atom. The lowest BCUT2D eigenvalue weighted by Crippen LogP contribution is -2.01. The van der Waals surface area contributed by atoms with Gasteiger partial charge in [0, 0.05) is 5.56 Å². The van der Waals surface area contributed by atoms with Crippen LogP contribution in [0.25, 0.3) is 0 Å². The highest BCUT2D eigenvalue weighted by Crippen LogP contribution is 2.29. The van der Waals surface area contributed by atoms with E-state index < -0.39 is 6.10 Å². The van der Waals surface area contributed by atoms with E-state index in [9.17, 15) is 5.11 Å². The SMILES string of the molecule is CCCCCCCCCC(O)c1cc(C)ccc1OC. The van der Waals surface area contributed by atoms with Crippen molar-refractivity contribution < 1.29 is 9.84 Å². The molecule has 20 heavy (non-hydrogen) atoms. The minimum atomic E-state index is -0.402. The number of unbranched alkanes of at least 4 members (excludes halogenated alkanes) is 6. The van der Waals surface area contributed by atoms with Gasteiger partial charge in [0.1, 0.15) is 5.75 Å². The molecule has 0 saturated carbocycles. The van der Waals surface area contributed by atoms with Gasteiger partial charge in [-0.1, -0.05) is 63.5 Å². The van der Waals surface area contributed by atoms with Gasteiger partial charge in [0.25, 0.3) is 0 Å². The Hall–Kier alpha value is -1.02. The summed E-state index contributed by atoms with van der Waals surface area (Å²) in [5, 5.41) is 10.3. The normalized spacial score (nSPS) is 12.4. The fourth-order valence-electron chi connectivity index (χ4n) is 2.56. The zero-order chi connectivity index (χ0) is 14.8. The van der Waals surface area contributed by atoms with E-state index in [-0.39, 0.29) is 0 Å². The highest BCUT2D eigenvalue weighted by molar-refractivity contribution is 5.38. The lowest BCUT2D eigenvalue weighted by molar-refractivity contribution is 0.159. The van der Waals surface area contributed by atoms with E-state index in [1.807, 2.05) is 25.1 Å². The van der Waals surface area contributed by atoms with Crippen LogP contribution in [0, 0.1) is 6.92 Å². The maximum atomic E-state index is 10.3. The second-order valence-corrected chi connectivity index (χ2v) is 5.67. The molecule has 0 fully saturated rings. The largest absolute Gasteiger partial charge is 0.496 e. The van der Waals surface area contributed by atoms with Gasteiger partial charge in [0.05, 0.1) is 13.2 Å². The average Bonchev–Trinajstić information content (AvgIpc) is 2.46. The van der Waals surface area contributed by atoms with Crippen molar-refractivity contribution >= 4 is 0 Å². The standard InChI is InChI=1S/C18H30O2/c1-4-5-6-7-8-9-10-11-17(19)16-14-15(2)12-13-18(16)20-3/h12-14,17,19H,4-11H2,1-3H3. The number of rotatable bonds is 10. The average molecular weight is 278 g/mol. The third-order valence-corrected chi connectivity index (χ3v) is 3.83. The highest BCUT2D eigenvalue weighted by Gasteiger charge is 2.13. The molecule has 1 atom stereocenters. The molecule has 1 rings (SSSR count). The number of aryl methyl sites for hydroxylation is 1. The summed E-state index contributed by atoms with van der Waals surface area (Å²) in [5.41, 5.74) is 2.10. The maximum absolute atomic E-state index is 10.3. The zero-order valence-corrected chi connectivity index (χ0v) is 13.3. The smallest absolute Gasteiger partial charge is 0.124 e. The van der Waals surface area contributed by atoms with Crippen molar-refractivity contribution in [2.45, 2.75) is 71.3 Å². The van der Waals surface area contributed by atoms with Crippen LogP contribution in [0.1, 0.15) is 75.5 Å². The van der Waals surface area contributed by atoms with Crippen LogP contribution >= 0.6 is 0 Å². The number of aliphatic hydroxyl groups excluding tert-OH is 1. The van der Waals surface area contributed by atoms with Crippen LogP contribution in [-0.4, -0.2) is 12.2 Å². The van der Waals surface area contributed by atoms with Gasteiger partial charge in [0.15, 0.2) is 0 Å². The van der Waals surface area contributed by atoms with Crippen LogP contribution in [0.2, 0.25) is 0 Å². The number of methoxy groups -OCH3 is 1. The summed E-state index contributed by atoms with van der Waals surface area (Å²) < 4.78 is 5.33. The van der Waals surface area contributed by atoms with Gasteiger partial charge < -0.3 is 9.84 Å². The number of aliphatic hydroxyl groups is 1. The Labute approximate surface area is 124 Å². The first-order chi connectivity index (χ1) is 9.69.